The molecule has 3 aliphatic rings. The van der Waals surface area contributed by atoms with Crippen molar-refractivity contribution >= 4 is 56.1 Å². The Balaban J connectivity index is 1.35. The van der Waals surface area contributed by atoms with Crippen LogP contribution in [0.25, 0.3) is 21.6 Å². The molecule has 14 nitrogen and oxygen atoms in total. The lowest BCUT2D eigenvalue weighted by Gasteiger charge is -2.32. The summed E-state index contributed by atoms with van der Waals surface area (Å²) < 4.78 is 37.7. The molecule has 2 aromatic heterocycles. The molecule has 2 saturated heterocycles. The first kappa shape index (κ1) is 37.4. The van der Waals surface area contributed by atoms with Crippen LogP contribution in [0.15, 0.2) is 41.8 Å². The van der Waals surface area contributed by atoms with Gasteiger partial charge in [0, 0.05) is 6.42 Å². The summed E-state index contributed by atoms with van der Waals surface area (Å²) in [5.74, 6) is -3.50. The van der Waals surface area contributed by atoms with Crippen molar-refractivity contribution in [3.63, 3.8) is 0 Å². The topological polar surface area (TPSA) is 194 Å². The van der Waals surface area contributed by atoms with Gasteiger partial charge in [0.2, 0.25) is 17.7 Å². The molecule has 4 heterocycles. The fourth-order valence-corrected chi connectivity index (χ4v) is 9.25. The molecule has 0 spiro atoms. The molecule has 3 amide bonds. The third kappa shape index (κ3) is 8.33. The molecular formula is C36H45N5O9S2. The standard InChI is InChI=1S/C36H45N5O9S2/c1-21-10-8-16-52(47,48)17-9-11-22-19-36(22,33(44)45)40-30(42)26-18-23(20-41(26)32(43)28(21)39-34(46)50-35(2,3)4)49-31-29(27-14-7-15-51-27)37-24-12-5-6-13-25(24)38-31/h5-7,12-15,21-23,26,28H,8-11,16-20H2,1-4H3,(H,39,46)(H,40,42)(H,44,45)/t21?,22?,23-,26+,28+,36?/m1/s1. The number of benzene rings is 1. The Bertz CT molecular complexity index is 1950. The van der Waals surface area contributed by atoms with Crippen LogP contribution in [0.4, 0.5) is 4.79 Å². The van der Waals surface area contributed by atoms with Crippen molar-refractivity contribution in [1.29, 1.82) is 0 Å². The summed E-state index contributed by atoms with van der Waals surface area (Å²) >= 11 is 1.46. The van der Waals surface area contributed by atoms with Crippen molar-refractivity contribution in [3.8, 4) is 16.5 Å². The molecule has 16 heteroatoms. The largest absolute Gasteiger partial charge is 0.479 e. The van der Waals surface area contributed by atoms with Crippen LogP contribution in [-0.2, 0) is 29.0 Å². The maximum atomic E-state index is 14.6. The summed E-state index contributed by atoms with van der Waals surface area (Å²) in [4.78, 5) is 66.1. The average molecular weight is 756 g/mol. The van der Waals surface area contributed by atoms with Gasteiger partial charge in [-0.05, 0) is 88.3 Å². The summed E-state index contributed by atoms with van der Waals surface area (Å²) in [7, 11) is -3.46. The molecule has 2 aliphatic heterocycles. The number of ether oxygens (including phenoxy) is 2. The Morgan fingerprint density at radius 1 is 1.06 bits per heavy atom. The lowest BCUT2D eigenvalue weighted by Crippen LogP contribution is -2.58. The molecular weight excluding hydrogens is 711 g/mol. The van der Waals surface area contributed by atoms with E-state index in [0.717, 1.165) is 4.88 Å². The van der Waals surface area contributed by atoms with Crippen LogP contribution in [0.2, 0.25) is 0 Å². The summed E-state index contributed by atoms with van der Waals surface area (Å²) in [5, 5.41) is 17.6. The molecule has 1 saturated carbocycles. The highest BCUT2D eigenvalue weighted by Crippen LogP contribution is 2.47. The third-order valence-electron chi connectivity index (χ3n) is 9.88. The molecule has 3 unspecified atom stereocenters. The zero-order valence-electron chi connectivity index (χ0n) is 29.7. The minimum atomic E-state index is -3.46. The van der Waals surface area contributed by atoms with Crippen LogP contribution in [0.3, 0.4) is 0 Å². The quantitative estimate of drug-likeness (QED) is 0.338. The van der Waals surface area contributed by atoms with E-state index >= 15 is 0 Å². The van der Waals surface area contributed by atoms with Crippen LogP contribution < -0.4 is 15.4 Å². The van der Waals surface area contributed by atoms with E-state index in [4.69, 9.17) is 19.4 Å². The number of hydrogen-bond acceptors (Lipinski definition) is 11. The second kappa shape index (κ2) is 14.6. The maximum absolute atomic E-state index is 14.6. The van der Waals surface area contributed by atoms with Gasteiger partial charge >= 0.3 is 12.1 Å². The Labute approximate surface area is 306 Å². The normalized spacial score (nSPS) is 28.3. The monoisotopic (exact) mass is 755 g/mol. The Morgan fingerprint density at radius 2 is 1.75 bits per heavy atom. The molecule has 3 aromatic rings. The molecule has 0 radical (unpaired) electrons. The second-order valence-electron chi connectivity index (χ2n) is 15.0. The number of nitrogens with zero attached hydrogens (tertiary/aromatic N) is 3. The number of rotatable bonds is 5. The molecule has 3 fully saturated rings. The van der Waals surface area contributed by atoms with Crippen LogP contribution in [0.5, 0.6) is 5.88 Å². The number of hydrogen-bond donors (Lipinski definition) is 3. The van der Waals surface area contributed by atoms with Gasteiger partial charge in [0.1, 0.15) is 44.9 Å². The highest BCUT2D eigenvalue weighted by atomic mass is 32.2. The molecule has 52 heavy (non-hydrogen) atoms. The van der Waals surface area contributed by atoms with Crippen molar-refractivity contribution in [2.45, 2.75) is 95.5 Å². The lowest BCUT2D eigenvalue weighted by atomic mass is 9.95. The molecule has 1 aliphatic carbocycles. The summed E-state index contributed by atoms with van der Waals surface area (Å²) in [6.07, 6.45) is -0.326. The van der Waals surface area contributed by atoms with E-state index in [1.54, 1.807) is 27.7 Å². The van der Waals surface area contributed by atoms with Crippen LogP contribution in [0, 0.1) is 11.8 Å². The number of alkyl carbamates (subject to hydrolysis) is 1. The highest BCUT2D eigenvalue weighted by Gasteiger charge is 2.62. The number of aliphatic carboxylic acids is 1. The predicted octanol–water partition coefficient (Wildman–Crippen LogP) is 4.18. The van der Waals surface area contributed by atoms with Crippen molar-refractivity contribution in [2.75, 3.05) is 18.1 Å². The number of carboxylic acids is 1. The predicted molar refractivity (Wildman–Crippen MR) is 193 cm³/mol. The van der Waals surface area contributed by atoms with Gasteiger partial charge in [-0.15, -0.1) is 11.3 Å². The van der Waals surface area contributed by atoms with Crippen molar-refractivity contribution in [1.82, 2.24) is 25.5 Å². The number of amides is 3. The summed E-state index contributed by atoms with van der Waals surface area (Å²) in [6, 6.07) is 8.79. The van der Waals surface area contributed by atoms with Gasteiger partial charge in [-0.25, -0.2) is 28.0 Å². The molecule has 1 aromatic carbocycles. The Morgan fingerprint density at radius 3 is 2.40 bits per heavy atom. The average Bonchev–Trinajstić information content (AvgIpc) is 3.38. The summed E-state index contributed by atoms with van der Waals surface area (Å²) in [6.45, 7) is 6.73. The third-order valence-corrected chi connectivity index (χ3v) is 12.6. The first-order valence-electron chi connectivity index (χ1n) is 17.6. The first-order chi connectivity index (χ1) is 24.5. The number of nitrogens with one attached hydrogen (secondary N) is 2. The van der Waals surface area contributed by atoms with Crippen molar-refractivity contribution < 1.29 is 42.2 Å². The van der Waals surface area contributed by atoms with Crippen LogP contribution >= 0.6 is 11.3 Å². The second-order valence-corrected chi connectivity index (χ2v) is 18.3. The Hall–Kier alpha value is -4.31. The fraction of sp³-hybridized carbons (Fsp3) is 0.556. The zero-order valence-corrected chi connectivity index (χ0v) is 31.3. The van der Waals surface area contributed by atoms with Crippen molar-refractivity contribution in [2.24, 2.45) is 11.8 Å². The van der Waals surface area contributed by atoms with Gasteiger partial charge in [-0.2, -0.15) is 0 Å². The Kier molecular flexibility index (Phi) is 10.5. The number of carbonyl (C=O) groups excluding carboxylic acids is 3. The van der Waals surface area contributed by atoms with E-state index < -0.39 is 74.9 Å². The van der Waals surface area contributed by atoms with E-state index in [0.29, 0.717) is 23.1 Å². The minimum absolute atomic E-state index is 0.0160. The molecule has 6 rings (SSSR count). The van der Waals surface area contributed by atoms with Gasteiger partial charge in [-0.3, -0.25) is 9.59 Å². The first-order valence-corrected chi connectivity index (χ1v) is 20.3. The molecule has 3 N–H and O–H groups in total. The van der Waals surface area contributed by atoms with Gasteiger partial charge in [0.05, 0.1) is 34.0 Å². The van der Waals surface area contributed by atoms with E-state index in [2.05, 4.69) is 10.6 Å². The number of para-hydroxylation sites is 2. The maximum Gasteiger partial charge on any atom is 0.408 e. The van der Waals surface area contributed by atoms with Crippen molar-refractivity contribution in [3.05, 3.63) is 41.8 Å². The number of sulfone groups is 1. The van der Waals surface area contributed by atoms with Crippen LogP contribution in [-0.4, -0.2) is 99.6 Å². The van der Waals surface area contributed by atoms with Gasteiger partial charge < -0.3 is 30.1 Å². The molecule has 6 atom stereocenters. The van der Waals surface area contributed by atoms with Gasteiger partial charge in [-0.1, -0.05) is 25.1 Å². The summed E-state index contributed by atoms with van der Waals surface area (Å²) in [5.41, 5.74) is -0.688. The van der Waals surface area contributed by atoms with E-state index in [9.17, 15) is 32.7 Å². The number of aromatic nitrogens is 2. The van der Waals surface area contributed by atoms with Gasteiger partial charge in [0.25, 0.3) is 0 Å². The number of fused-ring (bicyclic) bond motifs is 3. The van der Waals surface area contributed by atoms with E-state index in [-0.39, 0.29) is 56.0 Å². The number of carboxylic acid groups (broad SMARTS) is 1. The SMILES string of the molecule is CC1CCCS(=O)(=O)CCCC2CC2(C(=O)O)NC(=O)[C@@H]2C[C@@H](Oc3nc4ccccc4nc3-c3cccs3)CN2C(=O)[C@H]1NC(=O)OC(C)(C)C. The number of carbonyl (C=O) groups is 4. The van der Waals surface area contributed by atoms with Crippen LogP contribution in [0.1, 0.15) is 66.2 Å². The van der Waals surface area contributed by atoms with E-state index in [1.807, 2.05) is 41.8 Å². The molecule has 280 valence electrons. The highest BCUT2D eigenvalue weighted by molar-refractivity contribution is 7.91. The number of thiophene rings is 1. The van der Waals surface area contributed by atoms with E-state index in [1.165, 1.54) is 16.2 Å². The molecule has 0 bridgehead atoms. The zero-order chi connectivity index (χ0) is 37.4. The minimum Gasteiger partial charge on any atom is -0.479 e. The lowest BCUT2D eigenvalue weighted by molar-refractivity contribution is -0.146. The smallest absolute Gasteiger partial charge is 0.408 e. The van der Waals surface area contributed by atoms with Gasteiger partial charge in [0.15, 0.2) is 0 Å². The fourth-order valence-electron chi connectivity index (χ4n) is 7.13.